The van der Waals surface area contributed by atoms with Gasteiger partial charge in [-0.05, 0) is 41.6 Å². The summed E-state index contributed by atoms with van der Waals surface area (Å²) in [5, 5.41) is 0.618. The van der Waals surface area contributed by atoms with E-state index in [1.807, 2.05) is 6.92 Å². The predicted molar refractivity (Wildman–Crippen MR) is 96.2 cm³/mol. The van der Waals surface area contributed by atoms with Gasteiger partial charge in [0.25, 0.3) is 5.56 Å². The number of nitrogens with two attached hydrogens (primary N) is 1. The van der Waals surface area contributed by atoms with Gasteiger partial charge in [-0.1, -0.05) is 25.5 Å². The van der Waals surface area contributed by atoms with Crippen LogP contribution in [0.3, 0.4) is 0 Å². The Hall–Kier alpha value is -2.86. The lowest BCUT2D eigenvalue weighted by atomic mass is 9.94. The molecule has 0 aliphatic rings. The third kappa shape index (κ3) is 3.15. The summed E-state index contributed by atoms with van der Waals surface area (Å²) in [5.41, 5.74) is 5.27. The molecule has 3 rings (SSSR count). The van der Waals surface area contributed by atoms with Crippen molar-refractivity contribution in [3.63, 3.8) is 0 Å². The average Bonchev–Trinajstić information content (AvgIpc) is 2.61. The Morgan fingerprint density at radius 1 is 1.15 bits per heavy atom. The maximum atomic E-state index is 14.5. The highest BCUT2D eigenvalue weighted by Gasteiger charge is 2.23. The number of hydrogen-bond acceptors (Lipinski definition) is 3. The molecular formula is C20H18F2N2O2. The van der Waals surface area contributed by atoms with Gasteiger partial charge in [0.2, 0.25) is 0 Å². The highest BCUT2D eigenvalue weighted by molar-refractivity contribution is 6.16. The van der Waals surface area contributed by atoms with Gasteiger partial charge >= 0.3 is 0 Å². The molecule has 26 heavy (non-hydrogen) atoms. The summed E-state index contributed by atoms with van der Waals surface area (Å²) in [6.07, 6.45) is 2.74. The zero-order chi connectivity index (χ0) is 18.8. The first-order valence-corrected chi connectivity index (χ1v) is 8.33. The van der Waals surface area contributed by atoms with Gasteiger partial charge in [-0.15, -0.1) is 0 Å². The second-order valence-electron chi connectivity index (χ2n) is 6.16. The Kier molecular flexibility index (Phi) is 4.95. The van der Waals surface area contributed by atoms with E-state index < -0.39 is 29.0 Å². The van der Waals surface area contributed by atoms with E-state index in [0.717, 1.165) is 18.6 Å². The first-order chi connectivity index (χ1) is 12.4. The van der Waals surface area contributed by atoms with Crippen LogP contribution >= 0.6 is 0 Å². The number of aromatic nitrogens is 1. The zero-order valence-corrected chi connectivity index (χ0v) is 14.2. The standard InChI is InChI=1S/C20H18F2N2O2/c1-2-4-17(23)11-9-15(21)18(16(22)10-11)19(25)13-5-3-6-14-12(13)7-8-24-20(14)26/h3,5-10,17H,2,4,23H2,1H3,(H,24,26). The molecule has 3 aromatic rings. The minimum atomic E-state index is -0.960. The SMILES string of the molecule is CCCC(N)c1cc(F)c(C(=O)c2cccc3c(=O)[nH]ccc23)c(F)c1. The van der Waals surface area contributed by atoms with Gasteiger partial charge in [-0.2, -0.15) is 0 Å². The van der Waals surface area contributed by atoms with Crippen molar-refractivity contribution in [1.82, 2.24) is 4.98 Å². The number of H-pyrrole nitrogens is 1. The number of carbonyl (C=O) groups is 1. The van der Waals surface area contributed by atoms with E-state index in [9.17, 15) is 18.4 Å². The van der Waals surface area contributed by atoms with Crippen molar-refractivity contribution in [2.24, 2.45) is 5.73 Å². The maximum absolute atomic E-state index is 14.5. The summed E-state index contributed by atoms with van der Waals surface area (Å²) in [7, 11) is 0. The molecule has 2 aromatic carbocycles. The number of nitrogens with one attached hydrogen (secondary N) is 1. The van der Waals surface area contributed by atoms with Crippen LogP contribution in [-0.4, -0.2) is 10.8 Å². The molecule has 0 bridgehead atoms. The zero-order valence-electron chi connectivity index (χ0n) is 14.2. The fourth-order valence-electron chi connectivity index (χ4n) is 3.06. The van der Waals surface area contributed by atoms with Crippen molar-refractivity contribution in [1.29, 1.82) is 0 Å². The van der Waals surface area contributed by atoms with E-state index in [0.29, 0.717) is 17.4 Å². The molecule has 0 amide bonds. The van der Waals surface area contributed by atoms with E-state index in [4.69, 9.17) is 5.73 Å². The third-order valence-electron chi connectivity index (χ3n) is 4.38. The molecule has 134 valence electrons. The molecule has 6 heteroatoms. The number of benzene rings is 2. The molecule has 0 aliphatic carbocycles. The molecule has 0 aliphatic heterocycles. The molecule has 0 spiro atoms. The number of pyridine rings is 1. The molecule has 1 heterocycles. The Morgan fingerprint density at radius 2 is 1.85 bits per heavy atom. The topological polar surface area (TPSA) is 76.0 Å². The summed E-state index contributed by atoms with van der Waals surface area (Å²) < 4.78 is 29.1. The first kappa shape index (κ1) is 17.9. The lowest BCUT2D eigenvalue weighted by molar-refractivity contribution is 0.103. The molecule has 0 saturated heterocycles. The monoisotopic (exact) mass is 356 g/mol. The van der Waals surface area contributed by atoms with E-state index in [1.165, 1.54) is 24.4 Å². The van der Waals surface area contributed by atoms with E-state index in [1.54, 1.807) is 6.07 Å². The Morgan fingerprint density at radius 3 is 2.50 bits per heavy atom. The van der Waals surface area contributed by atoms with Crippen LogP contribution in [0.1, 0.15) is 47.3 Å². The number of carbonyl (C=O) groups excluding carboxylic acids is 1. The van der Waals surface area contributed by atoms with Crippen LogP contribution in [0.2, 0.25) is 0 Å². The van der Waals surface area contributed by atoms with Crippen LogP contribution in [0.5, 0.6) is 0 Å². The highest BCUT2D eigenvalue weighted by atomic mass is 19.1. The molecular weight excluding hydrogens is 338 g/mol. The van der Waals surface area contributed by atoms with Crippen molar-refractivity contribution in [2.45, 2.75) is 25.8 Å². The highest BCUT2D eigenvalue weighted by Crippen LogP contribution is 2.26. The second kappa shape index (κ2) is 7.17. The molecule has 0 saturated carbocycles. The van der Waals surface area contributed by atoms with E-state index in [-0.39, 0.29) is 16.5 Å². The van der Waals surface area contributed by atoms with Crippen LogP contribution in [0, 0.1) is 11.6 Å². The Bertz CT molecular complexity index is 1020. The average molecular weight is 356 g/mol. The minimum Gasteiger partial charge on any atom is -0.329 e. The maximum Gasteiger partial charge on any atom is 0.255 e. The normalized spacial score (nSPS) is 12.3. The largest absolute Gasteiger partial charge is 0.329 e. The Balaban J connectivity index is 2.12. The van der Waals surface area contributed by atoms with Crippen molar-refractivity contribution < 1.29 is 13.6 Å². The van der Waals surface area contributed by atoms with Gasteiger partial charge in [0.05, 0.1) is 5.56 Å². The van der Waals surface area contributed by atoms with Crippen LogP contribution in [-0.2, 0) is 0 Å². The van der Waals surface area contributed by atoms with Gasteiger partial charge < -0.3 is 10.7 Å². The molecule has 3 N–H and O–H groups in total. The van der Waals surface area contributed by atoms with Crippen molar-refractivity contribution in [2.75, 3.05) is 0 Å². The summed E-state index contributed by atoms with van der Waals surface area (Å²) >= 11 is 0. The molecule has 4 nitrogen and oxygen atoms in total. The molecule has 0 fully saturated rings. The van der Waals surface area contributed by atoms with Crippen molar-refractivity contribution in [3.8, 4) is 0 Å². The molecule has 1 unspecified atom stereocenters. The van der Waals surface area contributed by atoms with E-state index >= 15 is 0 Å². The lowest BCUT2D eigenvalue weighted by Gasteiger charge is -2.13. The molecule has 1 atom stereocenters. The second-order valence-corrected chi connectivity index (χ2v) is 6.16. The number of rotatable bonds is 5. The number of ketones is 1. The first-order valence-electron chi connectivity index (χ1n) is 8.33. The van der Waals surface area contributed by atoms with Crippen molar-refractivity contribution >= 4 is 16.6 Å². The van der Waals surface area contributed by atoms with Crippen molar-refractivity contribution in [3.05, 3.63) is 81.3 Å². The number of halogens is 2. The van der Waals surface area contributed by atoms with E-state index in [2.05, 4.69) is 4.98 Å². The smallest absolute Gasteiger partial charge is 0.255 e. The van der Waals surface area contributed by atoms with Gasteiger partial charge in [0.1, 0.15) is 11.6 Å². The van der Waals surface area contributed by atoms with Crippen LogP contribution in [0.25, 0.3) is 10.8 Å². The summed E-state index contributed by atoms with van der Waals surface area (Å²) in [4.78, 5) is 27.2. The molecule has 0 radical (unpaired) electrons. The summed E-state index contributed by atoms with van der Waals surface area (Å²) in [6.45, 7) is 1.92. The fourth-order valence-corrected chi connectivity index (χ4v) is 3.06. The number of hydrogen-bond donors (Lipinski definition) is 2. The number of fused-ring (bicyclic) bond motifs is 1. The fraction of sp³-hybridized carbons (Fsp3) is 0.200. The summed E-state index contributed by atoms with van der Waals surface area (Å²) in [5.74, 6) is -2.73. The Labute approximate surface area is 148 Å². The lowest BCUT2D eigenvalue weighted by Crippen LogP contribution is -2.14. The van der Waals surface area contributed by atoms with Crippen LogP contribution in [0.15, 0.2) is 47.4 Å². The minimum absolute atomic E-state index is 0.0667. The van der Waals surface area contributed by atoms with Gasteiger partial charge in [-0.25, -0.2) is 8.78 Å². The van der Waals surface area contributed by atoms with Crippen LogP contribution in [0.4, 0.5) is 8.78 Å². The van der Waals surface area contributed by atoms with Gasteiger partial charge in [0.15, 0.2) is 5.78 Å². The predicted octanol–water partition coefficient (Wildman–Crippen LogP) is 3.84. The summed E-state index contributed by atoms with van der Waals surface area (Å²) in [6, 6.07) is 7.74. The third-order valence-corrected chi connectivity index (χ3v) is 4.38. The number of aromatic amines is 1. The van der Waals surface area contributed by atoms with Gasteiger partial charge in [0, 0.05) is 23.2 Å². The van der Waals surface area contributed by atoms with Crippen LogP contribution < -0.4 is 11.3 Å². The quantitative estimate of drug-likeness (QED) is 0.682. The van der Waals surface area contributed by atoms with Gasteiger partial charge in [-0.3, -0.25) is 9.59 Å². The molecule has 1 aromatic heterocycles.